The van der Waals surface area contributed by atoms with Gasteiger partial charge in [0.15, 0.2) is 0 Å². The minimum Gasteiger partial charge on any atom is -0.391 e. The molecule has 6 heteroatoms. The Balaban J connectivity index is 1.85. The van der Waals surface area contributed by atoms with E-state index in [1.54, 1.807) is 19.2 Å². The number of benzene rings is 1. The number of hydrogen-bond acceptors (Lipinski definition) is 3. The number of likely N-dealkylation sites (N-methyl/N-ethyl adjacent to an activating group) is 1. The highest BCUT2D eigenvalue weighted by Gasteiger charge is 2.31. The zero-order valence-electron chi connectivity index (χ0n) is 14.1. The Kier molecular flexibility index (Phi) is 5.96. The zero-order valence-corrected chi connectivity index (χ0v) is 14.1. The van der Waals surface area contributed by atoms with E-state index in [1.807, 2.05) is 19.0 Å². The van der Waals surface area contributed by atoms with Gasteiger partial charge in [-0.15, -0.1) is 0 Å². The van der Waals surface area contributed by atoms with Gasteiger partial charge in [0.2, 0.25) is 0 Å². The van der Waals surface area contributed by atoms with Crippen molar-refractivity contribution in [3.8, 4) is 0 Å². The summed E-state index contributed by atoms with van der Waals surface area (Å²) in [6, 6.07) is 4.65. The Hall–Kier alpha value is -1.66. The highest BCUT2D eigenvalue weighted by atomic mass is 19.1. The Labute approximate surface area is 137 Å². The van der Waals surface area contributed by atoms with Crippen LogP contribution in [0, 0.1) is 11.7 Å². The normalized spacial score (nSPS) is 15.6. The summed E-state index contributed by atoms with van der Waals surface area (Å²) >= 11 is 0. The lowest BCUT2D eigenvalue weighted by Gasteiger charge is -2.21. The third-order valence-corrected chi connectivity index (χ3v) is 4.01. The van der Waals surface area contributed by atoms with E-state index >= 15 is 0 Å². The number of amides is 2. The number of carbonyl (C=O) groups excluding carboxylic acids is 1. The molecule has 128 valence electrons. The molecule has 1 fully saturated rings. The monoisotopic (exact) mass is 323 g/mol. The lowest BCUT2D eigenvalue weighted by molar-refractivity contribution is 0.113. The summed E-state index contributed by atoms with van der Waals surface area (Å²) in [6.45, 7) is 1.19. The molecule has 2 amide bonds. The first kappa shape index (κ1) is 17.7. The van der Waals surface area contributed by atoms with Gasteiger partial charge in [0.05, 0.1) is 6.10 Å². The van der Waals surface area contributed by atoms with Gasteiger partial charge in [0, 0.05) is 32.2 Å². The maximum Gasteiger partial charge on any atom is 0.317 e. The van der Waals surface area contributed by atoms with E-state index in [9.17, 15) is 14.3 Å². The highest BCUT2D eigenvalue weighted by Crippen LogP contribution is 2.32. The number of urea groups is 1. The number of aliphatic hydroxyl groups is 1. The van der Waals surface area contributed by atoms with Crippen LogP contribution in [0.4, 0.5) is 9.18 Å². The Morgan fingerprint density at radius 2 is 2.09 bits per heavy atom. The molecule has 1 saturated carbocycles. The van der Waals surface area contributed by atoms with Crippen LogP contribution in [0.3, 0.4) is 0 Å². The summed E-state index contributed by atoms with van der Waals surface area (Å²) in [6.07, 6.45) is 1.64. The van der Waals surface area contributed by atoms with Crippen LogP contribution in [-0.4, -0.2) is 54.7 Å². The quantitative estimate of drug-likeness (QED) is 0.804. The Morgan fingerprint density at radius 1 is 1.39 bits per heavy atom. The topological polar surface area (TPSA) is 55.8 Å². The molecular weight excluding hydrogens is 297 g/mol. The molecule has 1 unspecified atom stereocenters. The van der Waals surface area contributed by atoms with Gasteiger partial charge in [-0.3, -0.25) is 0 Å². The second kappa shape index (κ2) is 7.75. The van der Waals surface area contributed by atoms with E-state index in [0.717, 1.165) is 18.4 Å². The number of aliphatic hydroxyl groups excluding tert-OH is 1. The van der Waals surface area contributed by atoms with Crippen LogP contribution in [0.25, 0.3) is 0 Å². The van der Waals surface area contributed by atoms with Crippen LogP contribution < -0.4 is 5.32 Å². The van der Waals surface area contributed by atoms with E-state index in [2.05, 4.69) is 5.32 Å². The smallest absolute Gasteiger partial charge is 0.317 e. The lowest BCUT2D eigenvalue weighted by Crippen LogP contribution is -2.41. The first-order valence-electron chi connectivity index (χ1n) is 7.96. The van der Waals surface area contributed by atoms with Gasteiger partial charge < -0.3 is 20.2 Å². The molecule has 1 atom stereocenters. The third kappa shape index (κ3) is 5.48. The standard InChI is InChI=1S/C17H26FN3O2/c1-20(2)10-14-8-12(4-7-15(14)18)9-19-17(23)21(3)11-16(22)13-5-6-13/h4,7-8,13,16,22H,5-6,9-11H2,1-3H3,(H,19,23). The van der Waals surface area contributed by atoms with Crippen molar-refractivity contribution in [3.63, 3.8) is 0 Å². The fourth-order valence-corrected chi connectivity index (χ4v) is 2.51. The van der Waals surface area contributed by atoms with Crippen molar-refractivity contribution in [2.75, 3.05) is 27.7 Å². The summed E-state index contributed by atoms with van der Waals surface area (Å²) in [4.78, 5) is 15.4. The molecule has 0 saturated heterocycles. The second-order valence-electron chi connectivity index (χ2n) is 6.61. The molecule has 0 aromatic heterocycles. The largest absolute Gasteiger partial charge is 0.391 e. The van der Waals surface area contributed by atoms with E-state index < -0.39 is 6.10 Å². The van der Waals surface area contributed by atoms with Crippen molar-refractivity contribution >= 4 is 6.03 Å². The van der Waals surface area contributed by atoms with Crippen LogP contribution in [-0.2, 0) is 13.1 Å². The van der Waals surface area contributed by atoms with Crippen molar-refractivity contribution in [3.05, 3.63) is 35.1 Å². The molecule has 1 aromatic rings. The van der Waals surface area contributed by atoms with Crippen molar-refractivity contribution in [2.24, 2.45) is 5.92 Å². The highest BCUT2D eigenvalue weighted by molar-refractivity contribution is 5.73. The van der Waals surface area contributed by atoms with Gasteiger partial charge in [0.1, 0.15) is 5.82 Å². The first-order valence-corrected chi connectivity index (χ1v) is 7.96. The zero-order chi connectivity index (χ0) is 17.0. The summed E-state index contributed by atoms with van der Waals surface area (Å²) in [7, 11) is 5.44. The summed E-state index contributed by atoms with van der Waals surface area (Å²) in [5, 5.41) is 12.7. The van der Waals surface area contributed by atoms with E-state index in [-0.39, 0.29) is 11.8 Å². The predicted molar refractivity (Wildman–Crippen MR) is 87.4 cm³/mol. The molecule has 23 heavy (non-hydrogen) atoms. The number of carbonyl (C=O) groups is 1. The molecule has 1 aliphatic rings. The van der Waals surface area contributed by atoms with Crippen molar-refractivity contribution in [1.82, 2.24) is 15.1 Å². The molecule has 0 radical (unpaired) electrons. The molecule has 5 nitrogen and oxygen atoms in total. The predicted octanol–water partition coefficient (Wildman–Crippen LogP) is 1.80. The molecule has 2 N–H and O–H groups in total. The Bertz CT molecular complexity index is 547. The van der Waals surface area contributed by atoms with E-state index in [4.69, 9.17) is 0 Å². The van der Waals surface area contributed by atoms with Crippen molar-refractivity contribution < 1.29 is 14.3 Å². The van der Waals surface area contributed by atoms with Crippen LogP contribution in [0.1, 0.15) is 24.0 Å². The fraction of sp³-hybridized carbons (Fsp3) is 0.588. The average Bonchev–Trinajstić information content (AvgIpc) is 3.31. The van der Waals surface area contributed by atoms with Gasteiger partial charge in [-0.1, -0.05) is 6.07 Å². The molecule has 0 heterocycles. The molecule has 0 bridgehead atoms. The average molecular weight is 323 g/mol. The van der Waals surface area contributed by atoms with Gasteiger partial charge in [-0.25, -0.2) is 9.18 Å². The molecule has 1 aromatic carbocycles. The molecule has 1 aliphatic carbocycles. The number of rotatable bonds is 7. The molecule has 0 aliphatic heterocycles. The van der Waals surface area contributed by atoms with Crippen LogP contribution >= 0.6 is 0 Å². The molecule has 2 rings (SSSR count). The van der Waals surface area contributed by atoms with Crippen LogP contribution in [0.15, 0.2) is 18.2 Å². The first-order chi connectivity index (χ1) is 10.9. The maximum absolute atomic E-state index is 13.7. The number of nitrogens with zero attached hydrogens (tertiary/aromatic N) is 2. The van der Waals surface area contributed by atoms with Crippen molar-refractivity contribution in [1.29, 1.82) is 0 Å². The summed E-state index contributed by atoms with van der Waals surface area (Å²) in [5.41, 5.74) is 1.46. The van der Waals surface area contributed by atoms with E-state index in [1.165, 1.54) is 11.0 Å². The Morgan fingerprint density at radius 3 is 2.70 bits per heavy atom. The lowest BCUT2D eigenvalue weighted by atomic mass is 10.1. The third-order valence-electron chi connectivity index (χ3n) is 4.01. The SMILES string of the molecule is CN(C)Cc1cc(CNC(=O)N(C)CC(O)C2CC2)ccc1F. The van der Waals surface area contributed by atoms with E-state index in [0.29, 0.717) is 31.1 Å². The van der Waals surface area contributed by atoms with Gasteiger partial charge in [-0.05, 0) is 50.6 Å². The second-order valence-corrected chi connectivity index (χ2v) is 6.61. The number of hydrogen-bond donors (Lipinski definition) is 2. The summed E-state index contributed by atoms with van der Waals surface area (Å²) < 4.78 is 13.7. The molecule has 0 spiro atoms. The van der Waals surface area contributed by atoms with Gasteiger partial charge in [-0.2, -0.15) is 0 Å². The van der Waals surface area contributed by atoms with Crippen LogP contribution in [0.5, 0.6) is 0 Å². The number of nitrogens with one attached hydrogen (secondary N) is 1. The maximum atomic E-state index is 13.7. The van der Waals surface area contributed by atoms with Gasteiger partial charge >= 0.3 is 6.03 Å². The fourth-order valence-electron chi connectivity index (χ4n) is 2.51. The van der Waals surface area contributed by atoms with Crippen LogP contribution in [0.2, 0.25) is 0 Å². The molecular formula is C17H26FN3O2. The van der Waals surface area contributed by atoms with Gasteiger partial charge in [0.25, 0.3) is 0 Å². The van der Waals surface area contributed by atoms with Crippen molar-refractivity contribution in [2.45, 2.75) is 32.0 Å². The minimum absolute atomic E-state index is 0.233. The summed E-state index contributed by atoms with van der Waals surface area (Å²) in [5.74, 6) is 0.106. The number of halogens is 1. The minimum atomic E-state index is -0.441.